The van der Waals surface area contributed by atoms with Gasteiger partial charge in [-0.05, 0) is 37.6 Å². The number of methoxy groups -OCH3 is 1. The average molecular weight is 255 g/mol. The van der Waals surface area contributed by atoms with Crippen LogP contribution in [0, 0.1) is 0 Å². The SMILES string of the molecule is CNC(CNC1CC1)c1ccc(OC)c(Cl)c1. The summed E-state index contributed by atoms with van der Waals surface area (Å²) in [7, 11) is 3.60. The number of rotatable bonds is 6. The van der Waals surface area contributed by atoms with Crippen molar-refractivity contribution in [2.45, 2.75) is 24.9 Å². The van der Waals surface area contributed by atoms with E-state index in [4.69, 9.17) is 16.3 Å². The van der Waals surface area contributed by atoms with Crippen LogP contribution in [0.5, 0.6) is 5.75 Å². The quantitative estimate of drug-likeness (QED) is 0.818. The minimum absolute atomic E-state index is 0.291. The maximum absolute atomic E-state index is 6.13. The van der Waals surface area contributed by atoms with E-state index in [0.29, 0.717) is 11.1 Å². The fraction of sp³-hybridized carbons (Fsp3) is 0.538. The van der Waals surface area contributed by atoms with Crippen molar-refractivity contribution in [2.24, 2.45) is 0 Å². The molecule has 4 heteroatoms. The monoisotopic (exact) mass is 254 g/mol. The molecule has 0 aromatic heterocycles. The van der Waals surface area contributed by atoms with Crippen molar-refractivity contribution in [1.82, 2.24) is 10.6 Å². The van der Waals surface area contributed by atoms with E-state index in [1.54, 1.807) is 7.11 Å². The molecular formula is C13H19ClN2O. The normalized spacial score (nSPS) is 16.9. The molecule has 1 saturated carbocycles. The van der Waals surface area contributed by atoms with E-state index >= 15 is 0 Å². The Balaban J connectivity index is 2.03. The molecule has 0 heterocycles. The lowest BCUT2D eigenvalue weighted by Gasteiger charge is -2.18. The molecular weight excluding hydrogens is 236 g/mol. The molecule has 1 unspecified atom stereocenters. The topological polar surface area (TPSA) is 33.3 Å². The highest BCUT2D eigenvalue weighted by Gasteiger charge is 2.22. The van der Waals surface area contributed by atoms with Crippen LogP contribution in [-0.2, 0) is 0 Å². The van der Waals surface area contributed by atoms with Gasteiger partial charge >= 0.3 is 0 Å². The van der Waals surface area contributed by atoms with Crippen LogP contribution in [0.4, 0.5) is 0 Å². The van der Waals surface area contributed by atoms with Gasteiger partial charge in [-0.2, -0.15) is 0 Å². The Morgan fingerprint density at radius 2 is 2.24 bits per heavy atom. The zero-order valence-electron chi connectivity index (χ0n) is 10.3. The van der Waals surface area contributed by atoms with Gasteiger partial charge in [-0.25, -0.2) is 0 Å². The Kier molecular flexibility index (Phi) is 4.26. The third-order valence-electron chi connectivity index (χ3n) is 3.11. The van der Waals surface area contributed by atoms with Crippen LogP contribution in [-0.4, -0.2) is 26.7 Å². The van der Waals surface area contributed by atoms with Crippen LogP contribution >= 0.6 is 11.6 Å². The molecule has 1 aromatic carbocycles. The van der Waals surface area contributed by atoms with E-state index in [0.717, 1.165) is 18.3 Å². The van der Waals surface area contributed by atoms with Crippen molar-refractivity contribution in [3.63, 3.8) is 0 Å². The summed E-state index contributed by atoms with van der Waals surface area (Å²) < 4.78 is 5.15. The summed E-state index contributed by atoms with van der Waals surface area (Å²) in [4.78, 5) is 0. The second kappa shape index (κ2) is 5.71. The van der Waals surface area contributed by atoms with Gasteiger partial charge in [-0.15, -0.1) is 0 Å². The molecule has 2 N–H and O–H groups in total. The molecule has 1 aliphatic carbocycles. The van der Waals surface area contributed by atoms with Crippen molar-refractivity contribution >= 4 is 11.6 Å². The Bertz CT molecular complexity index is 380. The van der Waals surface area contributed by atoms with Crippen LogP contribution in [0.3, 0.4) is 0 Å². The van der Waals surface area contributed by atoms with Crippen molar-refractivity contribution in [1.29, 1.82) is 0 Å². The fourth-order valence-electron chi connectivity index (χ4n) is 1.86. The van der Waals surface area contributed by atoms with Crippen molar-refractivity contribution in [2.75, 3.05) is 20.7 Å². The first kappa shape index (κ1) is 12.7. The second-order valence-electron chi connectivity index (χ2n) is 4.42. The molecule has 1 fully saturated rings. The van der Waals surface area contributed by atoms with Gasteiger partial charge in [0.1, 0.15) is 5.75 Å². The summed E-state index contributed by atoms with van der Waals surface area (Å²) in [5.41, 5.74) is 1.19. The molecule has 3 nitrogen and oxygen atoms in total. The Morgan fingerprint density at radius 3 is 2.76 bits per heavy atom. The van der Waals surface area contributed by atoms with Gasteiger partial charge < -0.3 is 15.4 Å². The van der Waals surface area contributed by atoms with Gasteiger partial charge in [0, 0.05) is 18.6 Å². The standard InChI is InChI=1S/C13H19ClN2O/c1-15-12(8-16-10-4-5-10)9-3-6-13(17-2)11(14)7-9/h3,6-7,10,12,15-16H,4-5,8H2,1-2H3. The van der Waals surface area contributed by atoms with Crippen molar-refractivity contribution in [3.8, 4) is 5.75 Å². The predicted octanol–water partition coefficient (Wildman–Crippen LogP) is 2.36. The number of nitrogens with one attached hydrogen (secondary N) is 2. The summed E-state index contributed by atoms with van der Waals surface area (Å²) in [6, 6.07) is 6.95. The molecule has 0 spiro atoms. The molecule has 0 saturated heterocycles. The number of likely N-dealkylation sites (N-methyl/N-ethyl adjacent to an activating group) is 1. The Labute approximate surface area is 107 Å². The zero-order chi connectivity index (χ0) is 12.3. The largest absolute Gasteiger partial charge is 0.495 e. The van der Waals surface area contributed by atoms with E-state index in [2.05, 4.69) is 16.7 Å². The first-order valence-corrected chi connectivity index (χ1v) is 6.36. The first-order valence-electron chi connectivity index (χ1n) is 5.98. The van der Waals surface area contributed by atoms with E-state index in [-0.39, 0.29) is 0 Å². The van der Waals surface area contributed by atoms with Gasteiger partial charge in [0.25, 0.3) is 0 Å². The van der Waals surface area contributed by atoms with Crippen LogP contribution in [0.1, 0.15) is 24.4 Å². The molecule has 2 rings (SSSR count). The highest BCUT2D eigenvalue weighted by atomic mass is 35.5. The molecule has 0 aliphatic heterocycles. The Morgan fingerprint density at radius 1 is 1.47 bits per heavy atom. The fourth-order valence-corrected chi connectivity index (χ4v) is 2.12. The smallest absolute Gasteiger partial charge is 0.137 e. The zero-order valence-corrected chi connectivity index (χ0v) is 11.1. The molecule has 0 radical (unpaired) electrons. The predicted molar refractivity (Wildman–Crippen MR) is 70.8 cm³/mol. The third kappa shape index (κ3) is 3.35. The van der Waals surface area contributed by atoms with Gasteiger partial charge in [-0.1, -0.05) is 17.7 Å². The summed E-state index contributed by atoms with van der Waals surface area (Å²) in [5, 5.41) is 7.49. The maximum Gasteiger partial charge on any atom is 0.137 e. The van der Waals surface area contributed by atoms with Crippen LogP contribution in [0.25, 0.3) is 0 Å². The number of hydrogen-bond acceptors (Lipinski definition) is 3. The lowest BCUT2D eigenvalue weighted by molar-refractivity contribution is 0.414. The highest BCUT2D eigenvalue weighted by molar-refractivity contribution is 6.32. The molecule has 1 aromatic rings. The minimum Gasteiger partial charge on any atom is -0.495 e. The molecule has 0 amide bonds. The lowest BCUT2D eigenvalue weighted by atomic mass is 10.1. The summed E-state index contributed by atoms with van der Waals surface area (Å²) >= 11 is 6.13. The van der Waals surface area contributed by atoms with Crippen LogP contribution in [0.2, 0.25) is 5.02 Å². The molecule has 17 heavy (non-hydrogen) atoms. The number of benzene rings is 1. The minimum atomic E-state index is 0.291. The molecule has 1 atom stereocenters. The van der Waals surface area contributed by atoms with E-state index < -0.39 is 0 Å². The van der Waals surface area contributed by atoms with Crippen LogP contribution in [0.15, 0.2) is 18.2 Å². The average Bonchev–Trinajstić information content (AvgIpc) is 3.14. The Hall–Kier alpha value is -0.770. The van der Waals surface area contributed by atoms with E-state index in [1.165, 1.54) is 18.4 Å². The molecule has 0 bridgehead atoms. The summed E-state index contributed by atoms with van der Waals surface area (Å²) in [5.74, 6) is 0.723. The van der Waals surface area contributed by atoms with E-state index in [1.807, 2.05) is 19.2 Å². The van der Waals surface area contributed by atoms with E-state index in [9.17, 15) is 0 Å². The summed E-state index contributed by atoms with van der Waals surface area (Å²) in [6.45, 7) is 0.934. The summed E-state index contributed by atoms with van der Waals surface area (Å²) in [6.07, 6.45) is 2.61. The van der Waals surface area contributed by atoms with Gasteiger partial charge in [0.2, 0.25) is 0 Å². The van der Waals surface area contributed by atoms with Gasteiger partial charge in [0.15, 0.2) is 0 Å². The number of ether oxygens (including phenoxy) is 1. The second-order valence-corrected chi connectivity index (χ2v) is 4.82. The lowest BCUT2D eigenvalue weighted by Crippen LogP contribution is -2.30. The first-order chi connectivity index (χ1) is 8.24. The number of hydrogen-bond donors (Lipinski definition) is 2. The van der Waals surface area contributed by atoms with Gasteiger partial charge in [0.05, 0.1) is 12.1 Å². The molecule has 94 valence electrons. The van der Waals surface area contributed by atoms with Crippen molar-refractivity contribution in [3.05, 3.63) is 28.8 Å². The third-order valence-corrected chi connectivity index (χ3v) is 3.41. The van der Waals surface area contributed by atoms with Gasteiger partial charge in [-0.3, -0.25) is 0 Å². The van der Waals surface area contributed by atoms with Crippen molar-refractivity contribution < 1.29 is 4.74 Å². The van der Waals surface area contributed by atoms with Crippen LogP contribution < -0.4 is 15.4 Å². The number of halogens is 1. The maximum atomic E-state index is 6.13. The molecule has 1 aliphatic rings. The highest BCUT2D eigenvalue weighted by Crippen LogP contribution is 2.28.